The number of amides is 1. The first-order valence-electron chi connectivity index (χ1n) is 8.07. The van der Waals surface area contributed by atoms with Crippen molar-refractivity contribution in [3.8, 4) is 0 Å². The summed E-state index contributed by atoms with van der Waals surface area (Å²) in [6.07, 6.45) is 3.75. The van der Waals surface area contributed by atoms with E-state index in [0.717, 1.165) is 12.2 Å². The van der Waals surface area contributed by atoms with Crippen LogP contribution in [-0.2, 0) is 0 Å². The van der Waals surface area contributed by atoms with Crippen LogP contribution in [0.15, 0.2) is 48.5 Å². The minimum absolute atomic E-state index is 0.232. The molecule has 4 heteroatoms. The number of halogens is 1. The molecule has 0 aromatic heterocycles. The lowest BCUT2D eigenvalue weighted by Gasteiger charge is -2.35. The fraction of sp³-hybridized carbons (Fsp3) is 0.316. The zero-order valence-corrected chi connectivity index (χ0v) is 13.3. The third kappa shape index (κ3) is 3.70. The number of carbonyl (C=O) groups excluding carboxylic acids is 1. The Kier molecular flexibility index (Phi) is 4.60. The van der Waals surface area contributed by atoms with Gasteiger partial charge < -0.3 is 10.2 Å². The number of benzene rings is 2. The van der Waals surface area contributed by atoms with Gasteiger partial charge in [0.2, 0.25) is 0 Å². The molecule has 1 amide bonds. The van der Waals surface area contributed by atoms with Crippen molar-refractivity contribution in [1.29, 1.82) is 0 Å². The number of carbonyl (C=O) groups is 1. The molecule has 23 heavy (non-hydrogen) atoms. The minimum Gasteiger partial charge on any atom is -0.369 e. The zero-order valence-electron chi connectivity index (χ0n) is 13.3. The Morgan fingerprint density at radius 3 is 2.43 bits per heavy atom. The number of hydrogen-bond acceptors (Lipinski definition) is 2. The molecule has 3 nitrogen and oxygen atoms in total. The topological polar surface area (TPSA) is 32.3 Å². The van der Waals surface area contributed by atoms with E-state index in [2.05, 4.69) is 17.1 Å². The van der Waals surface area contributed by atoms with Gasteiger partial charge in [-0.2, -0.15) is 0 Å². The van der Waals surface area contributed by atoms with Crippen molar-refractivity contribution in [2.45, 2.75) is 32.2 Å². The first-order chi connectivity index (χ1) is 11.1. The van der Waals surface area contributed by atoms with Crippen molar-refractivity contribution in [2.24, 2.45) is 0 Å². The first kappa shape index (κ1) is 15.5. The van der Waals surface area contributed by atoms with Gasteiger partial charge >= 0.3 is 0 Å². The Hall–Kier alpha value is -2.36. The molecule has 1 saturated heterocycles. The molecular weight excluding hydrogens is 291 g/mol. The fourth-order valence-electron chi connectivity index (χ4n) is 3.02. The average Bonchev–Trinajstić information content (AvgIpc) is 2.57. The van der Waals surface area contributed by atoms with Gasteiger partial charge in [0.05, 0.1) is 0 Å². The van der Waals surface area contributed by atoms with Crippen LogP contribution in [0.25, 0.3) is 0 Å². The Morgan fingerprint density at radius 1 is 1.09 bits per heavy atom. The molecule has 2 aromatic rings. The maximum Gasteiger partial charge on any atom is 0.255 e. The number of hydrogen-bond donors (Lipinski definition) is 1. The van der Waals surface area contributed by atoms with E-state index in [1.54, 1.807) is 0 Å². The largest absolute Gasteiger partial charge is 0.369 e. The Balaban J connectivity index is 1.67. The second kappa shape index (κ2) is 6.82. The highest BCUT2D eigenvalue weighted by Crippen LogP contribution is 2.25. The standard InChI is InChI=1S/C19H21FN2O/c1-14-4-2-3-13-22(14)18-11-9-17(10-12-18)21-19(23)15-5-7-16(20)8-6-15/h5-12,14H,2-4,13H2,1H3,(H,21,23)/t14-/m1/s1. The van der Waals surface area contributed by atoms with E-state index in [0.29, 0.717) is 11.6 Å². The van der Waals surface area contributed by atoms with Crippen molar-refractivity contribution >= 4 is 17.3 Å². The van der Waals surface area contributed by atoms with Crippen molar-refractivity contribution < 1.29 is 9.18 Å². The quantitative estimate of drug-likeness (QED) is 0.907. The second-order valence-corrected chi connectivity index (χ2v) is 6.05. The summed E-state index contributed by atoms with van der Waals surface area (Å²) in [6.45, 7) is 3.34. The summed E-state index contributed by atoms with van der Waals surface area (Å²) >= 11 is 0. The van der Waals surface area contributed by atoms with Crippen LogP contribution >= 0.6 is 0 Å². The van der Waals surface area contributed by atoms with Crippen LogP contribution < -0.4 is 10.2 Å². The molecule has 1 aliphatic rings. The average molecular weight is 312 g/mol. The predicted octanol–water partition coefficient (Wildman–Crippen LogP) is 4.46. The van der Waals surface area contributed by atoms with Crippen molar-refractivity contribution in [1.82, 2.24) is 0 Å². The summed E-state index contributed by atoms with van der Waals surface area (Å²) in [7, 11) is 0. The molecule has 3 rings (SSSR count). The van der Waals surface area contributed by atoms with E-state index in [1.807, 2.05) is 24.3 Å². The van der Waals surface area contributed by atoms with Crippen LogP contribution in [0.3, 0.4) is 0 Å². The lowest BCUT2D eigenvalue weighted by molar-refractivity contribution is 0.102. The van der Waals surface area contributed by atoms with Gasteiger partial charge in [-0.3, -0.25) is 4.79 Å². The number of anilines is 2. The molecular formula is C19H21FN2O. The van der Waals surface area contributed by atoms with Gasteiger partial charge in [0.1, 0.15) is 5.82 Å². The molecule has 1 N–H and O–H groups in total. The minimum atomic E-state index is -0.346. The van der Waals surface area contributed by atoms with Crippen LogP contribution in [0, 0.1) is 5.82 Å². The van der Waals surface area contributed by atoms with Crippen molar-refractivity contribution in [3.05, 3.63) is 59.9 Å². The van der Waals surface area contributed by atoms with Gasteiger partial charge in [-0.15, -0.1) is 0 Å². The summed E-state index contributed by atoms with van der Waals surface area (Å²) < 4.78 is 12.9. The van der Waals surface area contributed by atoms with Gasteiger partial charge in [0.25, 0.3) is 5.91 Å². The molecule has 0 spiro atoms. The highest BCUT2D eigenvalue weighted by Gasteiger charge is 2.18. The van der Waals surface area contributed by atoms with Gasteiger partial charge in [0, 0.05) is 29.5 Å². The van der Waals surface area contributed by atoms with Crippen LogP contribution in [0.4, 0.5) is 15.8 Å². The molecule has 1 fully saturated rings. The van der Waals surface area contributed by atoms with Crippen molar-refractivity contribution in [2.75, 3.05) is 16.8 Å². The highest BCUT2D eigenvalue weighted by molar-refractivity contribution is 6.04. The van der Waals surface area contributed by atoms with Gasteiger partial charge in [-0.25, -0.2) is 4.39 Å². The van der Waals surface area contributed by atoms with Gasteiger partial charge in [-0.05, 0) is 74.7 Å². The highest BCUT2D eigenvalue weighted by atomic mass is 19.1. The second-order valence-electron chi connectivity index (χ2n) is 6.05. The molecule has 1 aliphatic heterocycles. The monoisotopic (exact) mass is 312 g/mol. The van der Waals surface area contributed by atoms with E-state index in [9.17, 15) is 9.18 Å². The van der Waals surface area contributed by atoms with E-state index in [4.69, 9.17) is 0 Å². The van der Waals surface area contributed by atoms with E-state index in [-0.39, 0.29) is 11.7 Å². The third-order valence-electron chi connectivity index (χ3n) is 4.37. The number of nitrogens with one attached hydrogen (secondary N) is 1. The van der Waals surface area contributed by atoms with Crippen LogP contribution in [0.2, 0.25) is 0 Å². The molecule has 0 bridgehead atoms. The first-order valence-corrected chi connectivity index (χ1v) is 8.07. The van der Waals surface area contributed by atoms with E-state index < -0.39 is 0 Å². The lowest BCUT2D eigenvalue weighted by atomic mass is 10.0. The normalized spacial score (nSPS) is 17.8. The van der Waals surface area contributed by atoms with E-state index >= 15 is 0 Å². The summed E-state index contributed by atoms with van der Waals surface area (Å²) in [5, 5.41) is 2.84. The third-order valence-corrected chi connectivity index (χ3v) is 4.37. The van der Waals surface area contributed by atoms with Crippen molar-refractivity contribution in [3.63, 3.8) is 0 Å². The van der Waals surface area contributed by atoms with E-state index in [1.165, 1.54) is 49.2 Å². The summed E-state index contributed by atoms with van der Waals surface area (Å²) in [4.78, 5) is 14.5. The van der Waals surface area contributed by atoms with Crippen LogP contribution in [-0.4, -0.2) is 18.5 Å². The number of nitrogens with zero attached hydrogens (tertiary/aromatic N) is 1. The molecule has 120 valence electrons. The zero-order chi connectivity index (χ0) is 16.2. The Labute approximate surface area is 136 Å². The molecule has 1 atom stereocenters. The molecule has 0 unspecified atom stereocenters. The maximum atomic E-state index is 12.9. The Morgan fingerprint density at radius 2 is 1.78 bits per heavy atom. The number of piperidine rings is 1. The Bertz CT molecular complexity index is 667. The summed E-state index contributed by atoms with van der Waals surface area (Å²) in [6, 6.07) is 14.0. The molecule has 0 radical (unpaired) electrons. The fourth-order valence-corrected chi connectivity index (χ4v) is 3.02. The van der Waals surface area contributed by atoms with Crippen LogP contribution in [0.1, 0.15) is 36.5 Å². The SMILES string of the molecule is C[C@@H]1CCCCN1c1ccc(NC(=O)c2ccc(F)cc2)cc1. The summed E-state index contributed by atoms with van der Waals surface area (Å²) in [5.74, 6) is -0.578. The molecule has 1 heterocycles. The molecule has 2 aromatic carbocycles. The smallest absolute Gasteiger partial charge is 0.255 e. The lowest BCUT2D eigenvalue weighted by Crippen LogP contribution is -2.37. The molecule has 0 saturated carbocycles. The van der Waals surface area contributed by atoms with Gasteiger partial charge in [-0.1, -0.05) is 0 Å². The predicted molar refractivity (Wildman–Crippen MR) is 91.5 cm³/mol. The molecule has 0 aliphatic carbocycles. The summed E-state index contributed by atoms with van der Waals surface area (Å²) in [5.41, 5.74) is 2.38. The number of rotatable bonds is 3. The maximum absolute atomic E-state index is 12.9. The van der Waals surface area contributed by atoms with Gasteiger partial charge in [0.15, 0.2) is 0 Å². The van der Waals surface area contributed by atoms with Crippen LogP contribution in [0.5, 0.6) is 0 Å².